The van der Waals surface area contributed by atoms with E-state index in [0.717, 1.165) is 17.5 Å². The molecule has 0 saturated heterocycles. The summed E-state index contributed by atoms with van der Waals surface area (Å²) in [6.45, 7) is 1.09. The van der Waals surface area contributed by atoms with E-state index in [4.69, 9.17) is 9.84 Å². The molecule has 0 unspecified atom stereocenters. The van der Waals surface area contributed by atoms with Crippen molar-refractivity contribution < 1.29 is 14.6 Å². The molecule has 2 aromatic carbocycles. The molecular weight excluding hydrogens is 316 g/mol. The zero-order valence-corrected chi connectivity index (χ0v) is 14.3. The summed E-state index contributed by atoms with van der Waals surface area (Å²) in [7, 11) is 0. The number of aliphatic hydroxyl groups excluding tert-OH is 1. The van der Waals surface area contributed by atoms with Crippen LogP contribution in [0, 0.1) is 0 Å². The van der Waals surface area contributed by atoms with Crippen molar-refractivity contribution in [1.29, 1.82) is 0 Å². The molecule has 0 fully saturated rings. The van der Waals surface area contributed by atoms with Crippen molar-refractivity contribution in [3.63, 3.8) is 0 Å². The number of fused-ring (bicyclic) bond motifs is 1. The first-order valence-corrected chi connectivity index (χ1v) is 8.70. The zero-order valence-electron chi connectivity index (χ0n) is 14.3. The van der Waals surface area contributed by atoms with Crippen LogP contribution >= 0.6 is 0 Å². The van der Waals surface area contributed by atoms with Gasteiger partial charge in [0.15, 0.2) is 0 Å². The SMILES string of the molecule is O=C(NCc1ccc2c(c1)CCC2)NCc1ccccc1OCCO. The second-order valence-corrected chi connectivity index (χ2v) is 6.17. The number of ether oxygens (including phenoxy) is 1. The van der Waals surface area contributed by atoms with Crippen molar-refractivity contribution in [3.05, 3.63) is 64.7 Å². The Morgan fingerprint density at radius 3 is 2.72 bits per heavy atom. The number of rotatable bonds is 7. The van der Waals surface area contributed by atoms with E-state index in [-0.39, 0.29) is 19.2 Å². The molecule has 1 aliphatic carbocycles. The normalized spacial score (nSPS) is 12.5. The van der Waals surface area contributed by atoms with Gasteiger partial charge in [-0.1, -0.05) is 36.4 Å². The van der Waals surface area contributed by atoms with Gasteiger partial charge in [0.1, 0.15) is 12.4 Å². The van der Waals surface area contributed by atoms with Gasteiger partial charge in [-0.05, 0) is 42.0 Å². The summed E-state index contributed by atoms with van der Waals surface area (Å²) in [5.74, 6) is 0.676. The number of nitrogens with one attached hydrogen (secondary N) is 2. The summed E-state index contributed by atoms with van der Waals surface area (Å²) < 4.78 is 5.47. The number of amides is 2. The maximum Gasteiger partial charge on any atom is 0.315 e. The van der Waals surface area contributed by atoms with Gasteiger partial charge in [-0.25, -0.2) is 4.79 Å². The monoisotopic (exact) mass is 340 g/mol. The summed E-state index contributed by atoms with van der Waals surface area (Å²) in [5.41, 5.74) is 4.86. The van der Waals surface area contributed by atoms with E-state index >= 15 is 0 Å². The number of aliphatic hydroxyl groups is 1. The van der Waals surface area contributed by atoms with Crippen LogP contribution in [-0.2, 0) is 25.9 Å². The van der Waals surface area contributed by atoms with E-state index in [1.807, 2.05) is 24.3 Å². The lowest BCUT2D eigenvalue weighted by Crippen LogP contribution is -2.34. The highest BCUT2D eigenvalue weighted by Gasteiger charge is 2.11. The van der Waals surface area contributed by atoms with Gasteiger partial charge in [0.25, 0.3) is 0 Å². The summed E-state index contributed by atoms with van der Waals surface area (Å²) in [4.78, 5) is 12.0. The molecule has 0 saturated carbocycles. The summed E-state index contributed by atoms with van der Waals surface area (Å²) in [6, 6.07) is 13.7. The lowest BCUT2D eigenvalue weighted by atomic mass is 10.1. The van der Waals surface area contributed by atoms with Crippen LogP contribution in [0.5, 0.6) is 5.75 Å². The van der Waals surface area contributed by atoms with E-state index in [2.05, 4.69) is 28.8 Å². The summed E-state index contributed by atoms with van der Waals surface area (Å²) in [5, 5.41) is 14.6. The highest BCUT2D eigenvalue weighted by Crippen LogP contribution is 2.22. The van der Waals surface area contributed by atoms with E-state index in [9.17, 15) is 4.79 Å². The predicted molar refractivity (Wildman–Crippen MR) is 96.6 cm³/mol. The van der Waals surface area contributed by atoms with Crippen LogP contribution in [0.3, 0.4) is 0 Å². The largest absolute Gasteiger partial charge is 0.491 e. The Kier molecular flexibility index (Phi) is 5.90. The number of benzene rings is 2. The molecule has 0 radical (unpaired) electrons. The molecule has 0 aliphatic heterocycles. The Hall–Kier alpha value is -2.53. The molecule has 0 spiro atoms. The fraction of sp³-hybridized carbons (Fsp3) is 0.350. The molecule has 132 valence electrons. The fourth-order valence-electron chi connectivity index (χ4n) is 3.10. The molecule has 3 rings (SSSR count). The lowest BCUT2D eigenvalue weighted by Gasteiger charge is -2.12. The smallest absolute Gasteiger partial charge is 0.315 e. The minimum atomic E-state index is -0.211. The molecule has 5 nitrogen and oxygen atoms in total. The average molecular weight is 340 g/mol. The van der Waals surface area contributed by atoms with Gasteiger partial charge in [0.05, 0.1) is 6.61 Å². The van der Waals surface area contributed by atoms with E-state index in [1.54, 1.807) is 0 Å². The van der Waals surface area contributed by atoms with Crippen LogP contribution in [0.1, 0.15) is 28.7 Å². The van der Waals surface area contributed by atoms with Gasteiger partial charge in [-0.15, -0.1) is 0 Å². The molecule has 0 aromatic heterocycles. The molecule has 2 amide bonds. The Morgan fingerprint density at radius 2 is 1.84 bits per heavy atom. The Morgan fingerprint density at radius 1 is 1.04 bits per heavy atom. The van der Waals surface area contributed by atoms with Crippen LogP contribution in [0.2, 0.25) is 0 Å². The summed E-state index contributed by atoms with van der Waals surface area (Å²) >= 11 is 0. The number of urea groups is 1. The molecule has 0 heterocycles. The second kappa shape index (κ2) is 8.53. The van der Waals surface area contributed by atoms with Crippen molar-refractivity contribution in [2.45, 2.75) is 32.4 Å². The molecule has 3 N–H and O–H groups in total. The molecule has 1 aliphatic rings. The highest BCUT2D eigenvalue weighted by molar-refractivity contribution is 5.73. The van der Waals surface area contributed by atoms with Gasteiger partial charge in [0, 0.05) is 18.7 Å². The van der Waals surface area contributed by atoms with E-state index in [1.165, 1.54) is 24.0 Å². The molecule has 0 atom stereocenters. The summed E-state index contributed by atoms with van der Waals surface area (Å²) in [6.07, 6.45) is 3.53. The minimum absolute atomic E-state index is 0.0387. The van der Waals surface area contributed by atoms with Gasteiger partial charge in [0.2, 0.25) is 0 Å². The van der Waals surface area contributed by atoms with Gasteiger partial charge < -0.3 is 20.5 Å². The zero-order chi connectivity index (χ0) is 17.5. The van der Waals surface area contributed by atoms with Crippen LogP contribution in [-0.4, -0.2) is 24.4 Å². The Labute approximate surface area is 148 Å². The average Bonchev–Trinajstić information content (AvgIpc) is 3.11. The van der Waals surface area contributed by atoms with Crippen LogP contribution in [0.25, 0.3) is 0 Å². The first-order valence-electron chi connectivity index (χ1n) is 8.70. The predicted octanol–water partition coefficient (Wildman–Crippen LogP) is 2.55. The molecule has 5 heteroatoms. The fourth-order valence-corrected chi connectivity index (χ4v) is 3.10. The van der Waals surface area contributed by atoms with Crippen molar-refractivity contribution >= 4 is 6.03 Å². The maximum atomic E-state index is 12.0. The van der Waals surface area contributed by atoms with Crippen LogP contribution in [0.15, 0.2) is 42.5 Å². The third-order valence-electron chi connectivity index (χ3n) is 4.38. The van der Waals surface area contributed by atoms with E-state index < -0.39 is 0 Å². The third kappa shape index (κ3) is 4.73. The highest BCUT2D eigenvalue weighted by atomic mass is 16.5. The standard InChI is InChI=1S/C20H24N2O3/c23-10-11-25-19-7-2-1-4-18(19)14-22-20(24)21-13-15-8-9-16-5-3-6-17(16)12-15/h1-2,4,7-9,12,23H,3,5-6,10-11,13-14H2,(H2,21,22,24). The third-order valence-corrected chi connectivity index (χ3v) is 4.38. The maximum absolute atomic E-state index is 12.0. The number of hydrogen-bond acceptors (Lipinski definition) is 3. The minimum Gasteiger partial charge on any atom is -0.491 e. The topological polar surface area (TPSA) is 70.6 Å². The lowest BCUT2D eigenvalue weighted by molar-refractivity contribution is 0.200. The van der Waals surface area contributed by atoms with Crippen LogP contribution in [0.4, 0.5) is 4.79 Å². The van der Waals surface area contributed by atoms with Gasteiger partial charge in [-0.3, -0.25) is 0 Å². The number of aryl methyl sites for hydroxylation is 2. The Bertz CT molecular complexity index is 731. The van der Waals surface area contributed by atoms with Crippen LogP contribution < -0.4 is 15.4 Å². The quantitative estimate of drug-likeness (QED) is 0.725. The molecular formula is C20H24N2O3. The molecule has 2 aromatic rings. The van der Waals surface area contributed by atoms with E-state index in [0.29, 0.717) is 18.8 Å². The Balaban J connectivity index is 1.48. The first kappa shape index (κ1) is 17.3. The van der Waals surface area contributed by atoms with Crippen molar-refractivity contribution in [3.8, 4) is 5.75 Å². The number of para-hydroxylation sites is 1. The van der Waals surface area contributed by atoms with Gasteiger partial charge >= 0.3 is 6.03 Å². The first-order chi connectivity index (χ1) is 12.3. The second-order valence-electron chi connectivity index (χ2n) is 6.17. The van der Waals surface area contributed by atoms with Crippen molar-refractivity contribution in [2.24, 2.45) is 0 Å². The van der Waals surface area contributed by atoms with Crippen molar-refractivity contribution in [2.75, 3.05) is 13.2 Å². The molecule has 0 bridgehead atoms. The van der Waals surface area contributed by atoms with Gasteiger partial charge in [-0.2, -0.15) is 0 Å². The number of carbonyl (C=O) groups excluding carboxylic acids is 1. The van der Waals surface area contributed by atoms with Crippen molar-refractivity contribution in [1.82, 2.24) is 10.6 Å². The number of carbonyl (C=O) groups is 1. The number of hydrogen-bond donors (Lipinski definition) is 3. The molecule has 25 heavy (non-hydrogen) atoms.